The number of hydrogen-bond donors (Lipinski definition) is 1. The summed E-state index contributed by atoms with van der Waals surface area (Å²) in [7, 11) is 0. The molecule has 1 aromatic heterocycles. The molecule has 0 radical (unpaired) electrons. The average Bonchev–Trinajstić information content (AvgIpc) is 3.36. The van der Waals surface area contributed by atoms with E-state index in [0.29, 0.717) is 0 Å². The van der Waals surface area contributed by atoms with Gasteiger partial charge in [0.15, 0.2) is 0 Å². The van der Waals surface area contributed by atoms with E-state index < -0.39 is 0 Å². The highest BCUT2D eigenvalue weighted by atomic mass is 15.0. The molecule has 2 heterocycles. The van der Waals surface area contributed by atoms with Crippen molar-refractivity contribution >= 4 is 33.2 Å². The Morgan fingerprint density at radius 2 is 1.26 bits per heavy atom. The standard InChI is InChI=1S/C32H22N2/c1-32-25-13-5-2-9-21(25)24-12-8-14-28(31(24)32)33-27-18-17-20(19-26(27)32)34-29-15-6-3-10-22(29)23-11-4-7-16-30(23)34/h2-19,33H,1H3. The second-order valence-electron chi connectivity index (χ2n) is 9.62. The van der Waals surface area contributed by atoms with Crippen molar-refractivity contribution in [3.05, 3.63) is 126 Å². The molecule has 0 bridgehead atoms. The van der Waals surface area contributed by atoms with Gasteiger partial charge in [0.2, 0.25) is 0 Å². The lowest BCUT2D eigenvalue weighted by atomic mass is 9.71. The van der Waals surface area contributed by atoms with Crippen LogP contribution in [0.5, 0.6) is 0 Å². The van der Waals surface area contributed by atoms with Crippen molar-refractivity contribution in [2.75, 3.05) is 5.32 Å². The lowest BCUT2D eigenvalue weighted by Crippen LogP contribution is -2.28. The predicted molar refractivity (Wildman–Crippen MR) is 141 cm³/mol. The zero-order valence-corrected chi connectivity index (χ0v) is 18.8. The van der Waals surface area contributed by atoms with Crippen LogP contribution in [0, 0.1) is 0 Å². The van der Waals surface area contributed by atoms with Crippen molar-refractivity contribution in [1.29, 1.82) is 0 Å². The summed E-state index contributed by atoms with van der Waals surface area (Å²) in [4.78, 5) is 0. The minimum Gasteiger partial charge on any atom is -0.355 e. The molecular weight excluding hydrogens is 412 g/mol. The number of fused-ring (bicyclic) bond motifs is 8. The van der Waals surface area contributed by atoms with Gasteiger partial charge in [-0.1, -0.05) is 72.8 Å². The molecule has 8 rings (SSSR count). The fraction of sp³-hybridized carbons (Fsp3) is 0.0625. The number of aromatic nitrogens is 1. The van der Waals surface area contributed by atoms with E-state index in [9.17, 15) is 0 Å². The van der Waals surface area contributed by atoms with Gasteiger partial charge in [0, 0.05) is 33.2 Å². The Balaban J connectivity index is 1.46. The number of anilines is 2. The zero-order chi connectivity index (χ0) is 22.4. The first-order valence-corrected chi connectivity index (χ1v) is 11.9. The van der Waals surface area contributed by atoms with Crippen LogP contribution in [0.15, 0.2) is 109 Å². The zero-order valence-electron chi connectivity index (χ0n) is 18.8. The van der Waals surface area contributed by atoms with Gasteiger partial charge < -0.3 is 9.88 Å². The molecule has 6 aromatic rings. The number of rotatable bonds is 1. The summed E-state index contributed by atoms with van der Waals surface area (Å²) in [6, 6.07) is 39.9. The van der Waals surface area contributed by atoms with Crippen molar-refractivity contribution in [2.24, 2.45) is 0 Å². The van der Waals surface area contributed by atoms with Crippen LogP contribution in [-0.4, -0.2) is 4.57 Å². The van der Waals surface area contributed by atoms with Gasteiger partial charge in [-0.2, -0.15) is 0 Å². The maximum Gasteiger partial charge on any atom is 0.0541 e. The molecule has 160 valence electrons. The van der Waals surface area contributed by atoms with E-state index in [1.165, 1.54) is 66.7 Å². The SMILES string of the molecule is CC12c3cc(-n4c5ccccc5c5ccccc54)ccc3Nc3cccc(c31)-c1ccccc12. The first-order valence-electron chi connectivity index (χ1n) is 11.9. The number of hydrogen-bond acceptors (Lipinski definition) is 1. The van der Waals surface area contributed by atoms with Crippen molar-refractivity contribution in [2.45, 2.75) is 12.3 Å². The van der Waals surface area contributed by atoms with Crippen LogP contribution in [0.2, 0.25) is 0 Å². The van der Waals surface area contributed by atoms with E-state index in [1.54, 1.807) is 0 Å². The third-order valence-corrected chi connectivity index (χ3v) is 7.97. The summed E-state index contributed by atoms with van der Waals surface area (Å²) in [6.07, 6.45) is 0. The summed E-state index contributed by atoms with van der Waals surface area (Å²) < 4.78 is 2.41. The molecule has 2 nitrogen and oxygen atoms in total. The quantitative estimate of drug-likeness (QED) is 0.276. The number of nitrogens with zero attached hydrogens (tertiary/aromatic N) is 1. The van der Waals surface area contributed by atoms with Crippen molar-refractivity contribution < 1.29 is 0 Å². The average molecular weight is 435 g/mol. The molecule has 0 spiro atoms. The highest BCUT2D eigenvalue weighted by Crippen LogP contribution is 2.59. The van der Waals surface area contributed by atoms with Gasteiger partial charge in [0.05, 0.1) is 11.0 Å². The van der Waals surface area contributed by atoms with Crippen LogP contribution in [0.3, 0.4) is 0 Å². The summed E-state index contributed by atoms with van der Waals surface area (Å²) in [5.41, 5.74) is 12.7. The second-order valence-corrected chi connectivity index (χ2v) is 9.62. The Morgan fingerprint density at radius 1 is 0.588 bits per heavy atom. The number of benzene rings is 5. The highest BCUT2D eigenvalue weighted by molar-refractivity contribution is 6.09. The molecule has 2 aliphatic rings. The lowest BCUT2D eigenvalue weighted by molar-refractivity contribution is 0.709. The minimum atomic E-state index is -0.197. The maximum absolute atomic E-state index is 3.75. The minimum absolute atomic E-state index is 0.197. The molecule has 1 N–H and O–H groups in total. The van der Waals surface area contributed by atoms with E-state index in [1.807, 2.05) is 0 Å². The molecule has 0 saturated heterocycles. The smallest absolute Gasteiger partial charge is 0.0541 e. The molecule has 0 saturated carbocycles. The fourth-order valence-electron chi connectivity index (χ4n) is 6.53. The molecule has 1 unspecified atom stereocenters. The third kappa shape index (κ3) is 2.07. The summed E-state index contributed by atoms with van der Waals surface area (Å²) in [5, 5.41) is 6.33. The molecule has 1 atom stereocenters. The molecule has 5 aromatic carbocycles. The monoisotopic (exact) mass is 434 g/mol. The van der Waals surface area contributed by atoms with Crippen LogP contribution in [-0.2, 0) is 5.41 Å². The molecule has 34 heavy (non-hydrogen) atoms. The van der Waals surface area contributed by atoms with Gasteiger partial charge in [-0.05, 0) is 71.1 Å². The van der Waals surface area contributed by atoms with Crippen molar-refractivity contribution in [1.82, 2.24) is 4.57 Å². The third-order valence-electron chi connectivity index (χ3n) is 7.97. The number of para-hydroxylation sites is 2. The molecule has 0 amide bonds. The normalized spacial score (nSPS) is 17.3. The van der Waals surface area contributed by atoms with E-state index in [0.717, 1.165) is 0 Å². The molecule has 2 heteroatoms. The van der Waals surface area contributed by atoms with E-state index in [4.69, 9.17) is 0 Å². The molecular formula is C32H22N2. The first-order chi connectivity index (χ1) is 16.7. The van der Waals surface area contributed by atoms with Gasteiger partial charge in [0.1, 0.15) is 0 Å². The van der Waals surface area contributed by atoms with Crippen LogP contribution < -0.4 is 5.32 Å². The van der Waals surface area contributed by atoms with Crippen molar-refractivity contribution in [3.63, 3.8) is 0 Å². The summed E-state index contributed by atoms with van der Waals surface area (Å²) in [6.45, 7) is 2.40. The van der Waals surface area contributed by atoms with E-state index >= 15 is 0 Å². The van der Waals surface area contributed by atoms with Gasteiger partial charge in [-0.15, -0.1) is 0 Å². The topological polar surface area (TPSA) is 17.0 Å². The van der Waals surface area contributed by atoms with Gasteiger partial charge in [0.25, 0.3) is 0 Å². The number of nitrogens with one attached hydrogen (secondary N) is 1. The van der Waals surface area contributed by atoms with Crippen LogP contribution in [0.4, 0.5) is 11.4 Å². The Bertz CT molecular complexity index is 1750. The van der Waals surface area contributed by atoms with E-state index in [2.05, 4.69) is 126 Å². The Morgan fingerprint density at radius 3 is 2.06 bits per heavy atom. The van der Waals surface area contributed by atoms with Gasteiger partial charge in [-0.3, -0.25) is 0 Å². The second kappa shape index (κ2) is 6.18. The predicted octanol–water partition coefficient (Wildman–Crippen LogP) is 8.18. The summed E-state index contributed by atoms with van der Waals surface area (Å²) in [5.74, 6) is 0. The van der Waals surface area contributed by atoms with Gasteiger partial charge in [-0.25, -0.2) is 0 Å². The van der Waals surface area contributed by atoms with Crippen molar-refractivity contribution in [3.8, 4) is 16.8 Å². The first kappa shape index (κ1) is 18.2. The highest BCUT2D eigenvalue weighted by Gasteiger charge is 2.46. The maximum atomic E-state index is 3.75. The molecule has 1 aliphatic heterocycles. The largest absolute Gasteiger partial charge is 0.355 e. The van der Waals surface area contributed by atoms with Crippen LogP contribution in [0.25, 0.3) is 38.6 Å². The Labute approximate surface area is 198 Å². The fourth-order valence-corrected chi connectivity index (χ4v) is 6.53. The molecule has 1 aliphatic carbocycles. The van der Waals surface area contributed by atoms with E-state index in [-0.39, 0.29) is 5.41 Å². The Hall–Kier alpha value is -4.30. The lowest BCUT2D eigenvalue weighted by Gasteiger charge is -2.37. The van der Waals surface area contributed by atoms with Crippen LogP contribution in [0.1, 0.15) is 23.6 Å². The van der Waals surface area contributed by atoms with Gasteiger partial charge >= 0.3 is 0 Å². The van der Waals surface area contributed by atoms with Crippen LogP contribution >= 0.6 is 0 Å². The summed E-state index contributed by atoms with van der Waals surface area (Å²) >= 11 is 0. The molecule has 0 fully saturated rings. The Kier molecular flexibility index (Phi) is 3.30.